The first kappa shape index (κ1) is 25.4. The largest absolute Gasteiger partial charge is 0.494 e. The number of carboxylic acid groups (broad SMARTS) is 1. The molecule has 0 spiro atoms. The molecule has 3 N–H and O–H groups in total. The number of carbonyl (C=O) groups is 1. The van der Waals surface area contributed by atoms with E-state index in [4.69, 9.17) is 19.9 Å². The summed E-state index contributed by atoms with van der Waals surface area (Å²) in [5, 5.41) is 9.38. The molecule has 0 amide bonds. The lowest BCUT2D eigenvalue weighted by molar-refractivity contribution is -0.149. The second-order valence-electron chi connectivity index (χ2n) is 8.80. The Hall–Kier alpha value is -3.71. The van der Waals surface area contributed by atoms with Crippen molar-refractivity contribution in [1.29, 1.82) is 0 Å². The molecule has 1 aliphatic rings. The molecule has 3 aromatic rings. The van der Waals surface area contributed by atoms with Crippen LogP contribution >= 0.6 is 0 Å². The van der Waals surface area contributed by atoms with Crippen molar-refractivity contribution in [1.82, 2.24) is 0 Å². The first-order chi connectivity index (χ1) is 17.5. The van der Waals surface area contributed by atoms with E-state index in [1.54, 1.807) is 6.92 Å². The molecule has 1 aliphatic heterocycles. The molecule has 0 aromatic heterocycles. The zero-order valence-electron chi connectivity index (χ0n) is 20.7. The van der Waals surface area contributed by atoms with Crippen LogP contribution in [0.1, 0.15) is 30.0 Å². The second kappa shape index (κ2) is 12.3. The number of fused-ring (bicyclic) bond motifs is 1. The lowest BCUT2D eigenvalue weighted by Gasteiger charge is -2.31. The molecule has 0 radical (unpaired) electrons. The molecule has 0 saturated heterocycles. The fourth-order valence-electron chi connectivity index (χ4n) is 4.44. The summed E-state index contributed by atoms with van der Waals surface area (Å²) in [5.74, 6) is 0.804. The number of benzene rings is 3. The summed E-state index contributed by atoms with van der Waals surface area (Å²) in [4.78, 5) is 13.8. The van der Waals surface area contributed by atoms with Gasteiger partial charge in [-0.2, -0.15) is 0 Å². The van der Waals surface area contributed by atoms with Crippen molar-refractivity contribution in [3.63, 3.8) is 0 Å². The molecule has 1 unspecified atom stereocenters. The maximum absolute atomic E-state index is 11.5. The highest BCUT2D eigenvalue weighted by atomic mass is 16.5. The Morgan fingerprint density at radius 2 is 1.86 bits per heavy atom. The topological polar surface area (TPSA) is 94.3 Å². The van der Waals surface area contributed by atoms with Crippen LogP contribution in [0.4, 0.5) is 11.4 Å². The SMILES string of the molecule is CCOC(Cc1cccc(Cc2ccc(OCCCN3CCOc4ccccc43)cc2)c1N)C(=O)O. The van der Waals surface area contributed by atoms with Gasteiger partial charge in [-0.15, -0.1) is 0 Å². The summed E-state index contributed by atoms with van der Waals surface area (Å²) < 4.78 is 17.0. The van der Waals surface area contributed by atoms with Crippen molar-refractivity contribution < 1.29 is 24.1 Å². The Bertz CT molecular complexity index is 1150. The maximum Gasteiger partial charge on any atom is 0.333 e. The van der Waals surface area contributed by atoms with Gasteiger partial charge in [0, 0.05) is 25.3 Å². The molecule has 0 bridgehead atoms. The van der Waals surface area contributed by atoms with Crippen LogP contribution in [0.25, 0.3) is 0 Å². The van der Waals surface area contributed by atoms with Gasteiger partial charge in [0.05, 0.1) is 18.8 Å². The molecule has 0 fully saturated rings. The zero-order valence-corrected chi connectivity index (χ0v) is 20.7. The number of anilines is 2. The standard InChI is InChI=1S/C29H34N2O5/c1-2-34-27(29(32)33)20-23-8-5-7-22(28(23)30)19-21-11-13-24(14-12-21)35-17-6-15-31-16-18-36-26-10-4-3-9-25(26)31/h3-5,7-14,27H,2,6,15-20,30H2,1H3,(H,32,33). The summed E-state index contributed by atoms with van der Waals surface area (Å²) in [7, 11) is 0. The van der Waals surface area contributed by atoms with E-state index in [0.29, 0.717) is 31.9 Å². The number of carboxylic acids is 1. The average Bonchev–Trinajstić information content (AvgIpc) is 2.89. The van der Waals surface area contributed by atoms with Gasteiger partial charge in [-0.3, -0.25) is 0 Å². The van der Waals surface area contributed by atoms with Gasteiger partial charge in [0.1, 0.15) is 18.1 Å². The predicted molar refractivity (Wildman–Crippen MR) is 141 cm³/mol. The van der Waals surface area contributed by atoms with Crippen molar-refractivity contribution in [2.75, 3.05) is 43.5 Å². The van der Waals surface area contributed by atoms with E-state index in [2.05, 4.69) is 11.0 Å². The third-order valence-electron chi connectivity index (χ3n) is 6.32. The summed E-state index contributed by atoms with van der Waals surface area (Å²) in [6.45, 7) is 5.27. The normalized spacial score (nSPS) is 13.5. The lowest BCUT2D eigenvalue weighted by Crippen LogP contribution is -2.34. The van der Waals surface area contributed by atoms with E-state index >= 15 is 0 Å². The molecule has 7 heteroatoms. The number of aliphatic carboxylic acids is 1. The average molecular weight is 491 g/mol. The van der Waals surface area contributed by atoms with Gasteiger partial charge >= 0.3 is 5.97 Å². The second-order valence-corrected chi connectivity index (χ2v) is 8.80. The van der Waals surface area contributed by atoms with Crippen molar-refractivity contribution in [2.24, 2.45) is 0 Å². The van der Waals surface area contributed by atoms with Gasteiger partial charge in [0.2, 0.25) is 0 Å². The van der Waals surface area contributed by atoms with E-state index in [0.717, 1.165) is 53.4 Å². The highest BCUT2D eigenvalue weighted by molar-refractivity contribution is 5.73. The molecular weight excluding hydrogens is 456 g/mol. The number of nitrogens with two attached hydrogens (primary N) is 1. The molecule has 190 valence electrons. The smallest absolute Gasteiger partial charge is 0.333 e. The number of hydrogen-bond donors (Lipinski definition) is 2. The Labute approximate surface area is 212 Å². The van der Waals surface area contributed by atoms with Gasteiger partial charge < -0.3 is 30.0 Å². The molecule has 7 nitrogen and oxygen atoms in total. The Morgan fingerprint density at radius 1 is 1.08 bits per heavy atom. The van der Waals surface area contributed by atoms with Gasteiger partial charge in [-0.05, 0) is 60.7 Å². The molecule has 0 aliphatic carbocycles. The maximum atomic E-state index is 11.5. The quantitative estimate of drug-likeness (QED) is 0.284. The van der Waals surface area contributed by atoms with Gasteiger partial charge in [0.15, 0.2) is 6.10 Å². The minimum atomic E-state index is -0.980. The first-order valence-electron chi connectivity index (χ1n) is 12.4. The Balaban J connectivity index is 1.28. The monoisotopic (exact) mass is 490 g/mol. The number of hydrogen-bond acceptors (Lipinski definition) is 6. The Kier molecular flexibility index (Phi) is 8.68. The van der Waals surface area contributed by atoms with E-state index in [-0.39, 0.29) is 6.42 Å². The molecule has 36 heavy (non-hydrogen) atoms. The van der Waals surface area contributed by atoms with Crippen LogP contribution < -0.4 is 20.1 Å². The minimum Gasteiger partial charge on any atom is -0.494 e. The fraction of sp³-hybridized carbons (Fsp3) is 0.345. The van der Waals surface area contributed by atoms with Crippen LogP contribution in [0.3, 0.4) is 0 Å². The molecule has 3 aromatic carbocycles. The first-order valence-corrected chi connectivity index (χ1v) is 12.4. The van der Waals surface area contributed by atoms with Crippen molar-refractivity contribution >= 4 is 17.3 Å². The Morgan fingerprint density at radius 3 is 2.64 bits per heavy atom. The zero-order chi connectivity index (χ0) is 25.3. The molecule has 1 heterocycles. The van der Waals surface area contributed by atoms with E-state index in [1.807, 2.05) is 60.7 Å². The summed E-state index contributed by atoms with van der Waals surface area (Å²) in [6, 6.07) is 21.9. The van der Waals surface area contributed by atoms with Crippen LogP contribution in [0.15, 0.2) is 66.7 Å². The van der Waals surface area contributed by atoms with Gasteiger partial charge in [-0.25, -0.2) is 4.79 Å². The lowest BCUT2D eigenvalue weighted by atomic mass is 9.97. The van der Waals surface area contributed by atoms with Crippen molar-refractivity contribution in [2.45, 2.75) is 32.3 Å². The number of para-hydroxylation sites is 3. The van der Waals surface area contributed by atoms with Crippen molar-refractivity contribution in [3.05, 3.63) is 83.4 Å². The van der Waals surface area contributed by atoms with Gasteiger partial charge in [0.25, 0.3) is 0 Å². The number of nitrogen functional groups attached to an aromatic ring is 1. The van der Waals surface area contributed by atoms with Crippen LogP contribution in [-0.2, 0) is 22.4 Å². The molecule has 4 rings (SSSR count). The minimum absolute atomic E-state index is 0.242. The fourth-order valence-corrected chi connectivity index (χ4v) is 4.44. The van der Waals surface area contributed by atoms with Crippen LogP contribution in [0.2, 0.25) is 0 Å². The summed E-state index contributed by atoms with van der Waals surface area (Å²) in [5.41, 5.74) is 11.0. The van der Waals surface area contributed by atoms with Gasteiger partial charge in [-0.1, -0.05) is 42.5 Å². The van der Waals surface area contributed by atoms with Crippen LogP contribution in [0, 0.1) is 0 Å². The number of nitrogens with zero attached hydrogens (tertiary/aromatic N) is 1. The third-order valence-corrected chi connectivity index (χ3v) is 6.32. The highest BCUT2D eigenvalue weighted by Gasteiger charge is 2.20. The summed E-state index contributed by atoms with van der Waals surface area (Å²) in [6.07, 6.45) is 0.911. The predicted octanol–water partition coefficient (Wildman–Crippen LogP) is 4.56. The highest BCUT2D eigenvalue weighted by Crippen LogP contribution is 2.31. The molecular formula is C29H34N2O5. The third kappa shape index (κ3) is 6.49. The molecule has 1 atom stereocenters. The van der Waals surface area contributed by atoms with Crippen molar-refractivity contribution in [3.8, 4) is 11.5 Å². The van der Waals surface area contributed by atoms with Crippen LogP contribution in [-0.4, -0.2) is 50.1 Å². The number of rotatable bonds is 12. The molecule has 0 saturated carbocycles. The number of ether oxygens (including phenoxy) is 3. The van der Waals surface area contributed by atoms with E-state index in [9.17, 15) is 9.90 Å². The van der Waals surface area contributed by atoms with E-state index < -0.39 is 12.1 Å². The van der Waals surface area contributed by atoms with Crippen LogP contribution in [0.5, 0.6) is 11.5 Å². The summed E-state index contributed by atoms with van der Waals surface area (Å²) >= 11 is 0. The van der Waals surface area contributed by atoms with E-state index in [1.165, 1.54) is 0 Å².